The lowest BCUT2D eigenvalue weighted by Gasteiger charge is -2.16. The molecule has 22 heavy (non-hydrogen) atoms. The zero-order valence-electron chi connectivity index (χ0n) is 12.5. The molecule has 4 nitrogen and oxygen atoms in total. The number of ether oxygens (including phenoxy) is 1. The Morgan fingerprint density at radius 3 is 2.82 bits per heavy atom. The van der Waals surface area contributed by atoms with E-state index in [9.17, 15) is 4.79 Å². The van der Waals surface area contributed by atoms with Gasteiger partial charge in [-0.3, -0.25) is 4.79 Å². The van der Waals surface area contributed by atoms with Gasteiger partial charge in [0.1, 0.15) is 0 Å². The van der Waals surface area contributed by atoms with Crippen molar-refractivity contribution in [2.45, 2.75) is 18.9 Å². The van der Waals surface area contributed by atoms with E-state index in [-0.39, 0.29) is 11.8 Å². The Balaban J connectivity index is 1.59. The Hall–Kier alpha value is -1.40. The maximum Gasteiger partial charge on any atom is 0.226 e. The highest BCUT2D eigenvalue weighted by atomic mass is 79.9. The maximum atomic E-state index is 12.5. The van der Waals surface area contributed by atoms with Crippen molar-refractivity contribution in [3.05, 3.63) is 45.2 Å². The summed E-state index contributed by atoms with van der Waals surface area (Å²) in [5.41, 5.74) is 1.24. The summed E-state index contributed by atoms with van der Waals surface area (Å²) in [6.45, 7) is 0.587. The molecule has 1 saturated carbocycles. The lowest BCUT2D eigenvalue weighted by atomic mass is 10.1. The van der Waals surface area contributed by atoms with Gasteiger partial charge in [0.05, 0.1) is 13.7 Å². The van der Waals surface area contributed by atoms with Crippen LogP contribution in [0.25, 0.3) is 0 Å². The fraction of sp³-hybridized carbons (Fsp3) is 0.375. The molecule has 1 aliphatic rings. The van der Waals surface area contributed by atoms with E-state index in [0.717, 1.165) is 15.8 Å². The number of hydrogen-bond acceptors (Lipinski definition) is 4. The molecule has 2 atom stereocenters. The quantitative estimate of drug-likeness (QED) is 0.794. The van der Waals surface area contributed by atoms with E-state index in [4.69, 9.17) is 4.74 Å². The summed E-state index contributed by atoms with van der Waals surface area (Å²) in [5, 5.41) is 0. The third kappa shape index (κ3) is 3.33. The van der Waals surface area contributed by atoms with E-state index in [1.165, 1.54) is 17.1 Å². The largest absolute Gasteiger partial charge is 0.480 e. The van der Waals surface area contributed by atoms with Crippen molar-refractivity contribution in [3.63, 3.8) is 0 Å². The number of carbonyl (C=O) groups is 1. The monoisotopic (exact) mass is 380 g/mol. The van der Waals surface area contributed by atoms with Gasteiger partial charge in [-0.15, -0.1) is 0 Å². The average Bonchev–Trinajstić information content (AvgIpc) is 3.19. The molecule has 116 valence electrons. The van der Waals surface area contributed by atoms with Crippen molar-refractivity contribution < 1.29 is 9.53 Å². The Kier molecular flexibility index (Phi) is 4.49. The first-order chi connectivity index (χ1) is 10.6. The van der Waals surface area contributed by atoms with Crippen LogP contribution in [0, 0.1) is 5.92 Å². The summed E-state index contributed by atoms with van der Waals surface area (Å²) in [6, 6.07) is 10.1. The van der Waals surface area contributed by atoms with Crippen LogP contribution in [0.3, 0.4) is 0 Å². The van der Waals surface area contributed by atoms with Gasteiger partial charge in [-0.25, -0.2) is 0 Å². The summed E-state index contributed by atoms with van der Waals surface area (Å²) >= 11 is 4.81. The molecular formula is C16H17BrN2O2S. The molecule has 6 heteroatoms. The molecule has 1 aromatic heterocycles. The van der Waals surface area contributed by atoms with E-state index >= 15 is 0 Å². The van der Waals surface area contributed by atoms with Crippen molar-refractivity contribution in [2.24, 2.45) is 5.92 Å². The number of amides is 1. The Bertz CT molecular complexity index is 671. The maximum absolute atomic E-state index is 12.5. The van der Waals surface area contributed by atoms with E-state index in [1.54, 1.807) is 12.0 Å². The molecule has 1 fully saturated rings. The van der Waals surface area contributed by atoms with Crippen LogP contribution >= 0.6 is 27.5 Å². The number of rotatable bonds is 5. The molecule has 3 rings (SSSR count). The molecule has 0 aliphatic heterocycles. The number of hydrogen-bond donors (Lipinski definition) is 0. The third-order valence-electron chi connectivity index (χ3n) is 3.92. The molecule has 1 amide bonds. The molecule has 0 saturated heterocycles. The van der Waals surface area contributed by atoms with Crippen molar-refractivity contribution in [3.8, 4) is 5.88 Å². The van der Waals surface area contributed by atoms with Crippen LogP contribution in [0.5, 0.6) is 5.88 Å². The minimum Gasteiger partial charge on any atom is -0.480 e. The first-order valence-electron chi connectivity index (χ1n) is 7.08. The normalized spacial score (nSPS) is 19.8. The molecule has 0 N–H and O–H groups in total. The van der Waals surface area contributed by atoms with Gasteiger partial charge in [-0.2, -0.15) is 4.37 Å². The van der Waals surface area contributed by atoms with E-state index in [0.29, 0.717) is 18.3 Å². The molecular weight excluding hydrogens is 364 g/mol. The Morgan fingerprint density at radius 2 is 2.18 bits per heavy atom. The van der Waals surface area contributed by atoms with Crippen LogP contribution < -0.4 is 4.74 Å². The highest BCUT2D eigenvalue weighted by Crippen LogP contribution is 2.48. The first-order valence-corrected chi connectivity index (χ1v) is 8.65. The van der Waals surface area contributed by atoms with Gasteiger partial charge in [0.25, 0.3) is 0 Å². The van der Waals surface area contributed by atoms with Crippen molar-refractivity contribution in [1.29, 1.82) is 0 Å². The topological polar surface area (TPSA) is 42.4 Å². The van der Waals surface area contributed by atoms with Gasteiger partial charge in [-0.05, 0) is 41.6 Å². The summed E-state index contributed by atoms with van der Waals surface area (Å²) in [4.78, 5) is 15.3. The van der Waals surface area contributed by atoms with Gasteiger partial charge >= 0.3 is 0 Å². The van der Waals surface area contributed by atoms with Crippen LogP contribution in [0.15, 0.2) is 34.8 Å². The number of aromatic nitrogens is 1. The number of methoxy groups -OCH3 is 1. The lowest BCUT2D eigenvalue weighted by Crippen LogP contribution is -2.27. The summed E-state index contributed by atoms with van der Waals surface area (Å²) < 4.78 is 10.3. The molecule has 1 aliphatic carbocycles. The smallest absolute Gasteiger partial charge is 0.226 e. The zero-order chi connectivity index (χ0) is 15.7. The molecule has 0 radical (unpaired) electrons. The predicted molar refractivity (Wildman–Crippen MR) is 90.1 cm³/mol. The van der Waals surface area contributed by atoms with Gasteiger partial charge in [0.2, 0.25) is 11.8 Å². The third-order valence-corrected chi connectivity index (χ3v) is 5.20. The highest BCUT2D eigenvalue weighted by molar-refractivity contribution is 9.10. The molecule has 1 heterocycles. The second-order valence-corrected chi connectivity index (χ2v) is 7.34. The Morgan fingerprint density at radius 1 is 1.45 bits per heavy atom. The number of halogens is 1. The van der Waals surface area contributed by atoms with Crippen LogP contribution in [0.2, 0.25) is 0 Å². The van der Waals surface area contributed by atoms with Crippen molar-refractivity contribution in [2.75, 3.05) is 14.2 Å². The van der Waals surface area contributed by atoms with Gasteiger partial charge in [0, 0.05) is 28.4 Å². The summed E-state index contributed by atoms with van der Waals surface area (Å²) in [5.74, 6) is 1.29. The van der Waals surface area contributed by atoms with Crippen LogP contribution in [-0.4, -0.2) is 29.3 Å². The van der Waals surface area contributed by atoms with Crippen molar-refractivity contribution in [1.82, 2.24) is 9.27 Å². The van der Waals surface area contributed by atoms with Crippen LogP contribution in [-0.2, 0) is 11.3 Å². The van der Waals surface area contributed by atoms with E-state index in [2.05, 4.69) is 32.4 Å². The second kappa shape index (κ2) is 6.38. The number of carbonyl (C=O) groups excluding carboxylic acids is 1. The minimum absolute atomic E-state index is 0.112. The average molecular weight is 381 g/mol. The standard InChI is InChI=1S/C16H17BrN2O2S/c1-19(9-12-7-15(21-2)18-22-12)16(20)14-8-13(14)10-3-5-11(17)6-4-10/h3-7,13-14H,8-9H2,1-2H3/t13-,14+/m0/s1. The van der Waals surface area contributed by atoms with E-state index in [1.807, 2.05) is 25.2 Å². The summed E-state index contributed by atoms with van der Waals surface area (Å²) in [6.07, 6.45) is 0.941. The second-order valence-electron chi connectivity index (χ2n) is 5.53. The molecule has 0 bridgehead atoms. The predicted octanol–water partition coefficient (Wildman–Crippen LogP) is 3.68. The number of benzene rings is 1. The fourth-order valence-electron chi connectivity index (χ4n) is 2.61. The van der Waals surface area contributed by atoms with Gasteiger partial charge in [0.15, 0.2) is 0 Å². The van der Waals surface area contributed by atoms with Crippen molar-refractivity contribution >= 4 is 33.4 Å². The van der Waals surface area contributed by atoms with Crippen LogP contribution in [0.4, 0.5) is 0 Å². The molecule has 2 aromatic rings. The highest BCUT2D eigenvalue weighted by Gasteiger charge is 2.45. The fourth-order valence-corrected chi connectivity index (χ4v) is 3.61. The summed E-state index contributed by atoms with van der Waals surface area (Å²) in [7, 11) is 3.45. The number of nitrogens with zero attached hydrogens (tertiary/aromatic N) is 2. The van der Waals surface area contributed by atoms with Crippen LogP contribution in [0.1, 0.15) is 22.8 Å². The van der Waals surface area contributed by atoms with Gasteiger partial charge < -0.3 is 9.64 Å². The van der Waals surface area contributed by atoms with E-state index < -0.39 is 0 Å². The molecule has 1 aromatic carbocycles. The SMILES string of the molecule is COc1cc(CN(C)C(=O)[C@@H]2C[C@H]2c2ccc(Br)cc2)sn1. The molecule has 0 spiro atoms. The Labute approximate surface area is 142 Å². The minimum atomic E-state index is 0.112. The zero-order valence-corrected chi connectivity index (χ0v) is 14.9. The first kappa shape index (κ1) is 15.5. The molecule has 0 unspecified atom stereocenters. The lowest BCUT2D eigenvalue weighted by molar-refractivity contribution is -0.131. The van der Waals surface area contributed by atoms with Gasteiger partial charge in [-0.1, -0.05) is 28.1 Å².